The molecule has 2 aromatic carbocycles. The molecule has 0 fully saturated rings. The standard InChI is InChI=1S/C15H14BrFO2/c1-2-14(18)11-5-3-4-6-15(11)19-10-7-8-12(16)13(17)9-10/h3-9,14,18H,2H2,1H3/t14-/m0/s1. The Hall–Kier alpha value is -1.39. The number of aliphatic hydroxyl groups excluding tert-OH is 1. The normalized spacial score (nSPS) is 12.2. The van der Waals surface area contributed by atoms with E-state index in [1.807, 2.05) is 19.1 Å². The fraction of sp³-hybridized carbons (Fsp3) is 0.200. The Bertz CT molecular complexity index is 572. The van der Waals surface area contributed by atoms with Crippen molar-refractivity contribution in [1.82, 2.24) is 0 Å². The van der Waals surface area contributed by atoms with E-state index in [2.05, 4.69) is 15.9 Å². The molecule has 0 unspecified atom stereocenters. The van der Waals surface area contributed by atoms with Crippen LogP contribution in [0.2, 0.25) is 0 Å². The predicted molar refractivity (Wildman–Crippen MR) is 75.9 cm³/mol. The highest BCUT2D eigenvalue weighted by Gasteiger charge is 2.12. The third-order valence-corrected chi connectivity index (χ3v) is 3.43. The summed E-state index contributed by atoms with van der Waals surface area (Å²) in [5.41, 5.74) is 0.702. The molecule has 2 nitrogen and oxygen atoms in total. The van der Waals surface area contributed by atoms with Gasteiger partial charge in [0.1, 0.15) is 17.3 Å². The van der Waals surface area contributed by atoms with Crippen molar-refractivity contribution in [3.63, 3.8) is 0 Å². The molecular formula is C15H14BrFO2. The van der Waals surface area contributed by atoms with Gasteiger partial charge in [-0.1, -0.05) is 25.1 Å². The van der Waals surface area contributed by atoms with E-state index in [1.165, 1.54) is 6.07 Å². The minimum atomic E-state index is -0.587. The highest BCUT2D eigenvalue weighted by molar-refractivity contribution is 9.10. The van der Waals surface area contributed by atoms with Crippen LogP contribution in [0, 0.1) is 5.82 Å². The summed E-state index contributed by atoms with van der Waals surface area (Å²) in [5, 5.41) is 9.93. The van der Waals surface area contributed by atoms with Crippen LogP contribution in [-0.2, 0) is 0 Å². The zero-order valence-electron chi connectivity index (χ0n) is 10.4. The fourth-order valence-corrected chi connectivity index (χ4v) is 1.98. The molecule has 2 aromatic rings. The van der Waals surface area contributed by atoms with Gasteiger partial charge in [0.05, 0.1) is 10.6 Å². The molecule has 100 valence electrons. The minimum absolute atomic E-state index is 0.383. The van der Waals surface area contributed by atoms with Gasteiger partial charge in [0.15, 0.2) is 0 Å². The summed E-state index contributed by atoms with van der Waals surface area (Å²) in [7, 11) is 0. The maximum absolute atomic E-state index is 13.4. The van der Waals surface area contributed by atoms with Crippen molar-refractivity contribution in [3.05, 3.63) is 58.3 Å². The van der Waals surface area contributed by atoms with Gasteiger partial charge in [0, 0.05) is 11.6 Å². The third kappa shape index (κ3) is 3.33. The molecule has 2 rings (SSSR count). The molecule has 0 radical (unpaired) electrons. The fourth-order valence-electron chi connectivity index (χ4n) is 1.74. The van der Waals surface area contributed by atoms with E-state index >= 15 is 0 Å². The van der Waals surface area contributed by atoms with Gasteiger partial charge >= 0.3 is 0 Å². The Morgan fingerprint density at radius 3 is 2.68 bits per heavy atom. The average Bonchev–Trinajstić information content (AvgIpc) is 2.43. The SMILES string of the molecule is CC[C@H](O)c1ccccc1Oc1ccc(Br)c(F)c1. The molecule has 19 heavy (non-hydrogen) atoms. The second-order valence-electron chi connectivity index (χ2n) is 4.14. The molecule has 0 aromatic heterocycles. The molecule has 4 heteroatoms. The van der Waals surface area contributed by atoms with Gasteiger partial charge in [-0.2, -0.15) is 0 Å². The molecule has 0 aliphatic rings. The topological polar surface area (TPSA) is 29.5 Å². The van der Waals surface area contributed by atoms with Crippen molar-refractivity contribution < 1.29 is 14.2 Å². The summed E-state index contributed by atoms with van der Waals surface area (Å²) in [6.45, 7) is 1.89. The van der Waals surface area contributed by atoms with Crippen molar-refractivity contribution >= 4 is 15.9 Å². The molecule has 0 amide bonds. The molecule has 0 aliphatic carbocycles. The first kappa shape index (κ1) is 14.0. The first-order valence-electron chi connectivity index (χ1n) is 6.01. The van der Waals surface area contributed by atoms with E-state index in [1.54, 1.807) is 24.3 Å². The highest BCUT2D eigenvalue weighted by atomic mass is 79.9. The van der Waals surface area contributed by atoms with Gasteiger partial charge < -0.3 is 9.84 Å². The van der Waals surface area contributed by atoms with Gasteiger partial charge in [0.2, 0.25) is 0 Å². The van der Waals surface area contributed by atoms with Crippen LogP contribution in [0.1, 0.15) is 25.0 Å². The monoisotopic (exact) mass is 324 g/mol. The van der Waals surface area contributed by atoms with Crippen LogP contribution < -0.4 is 4.74 Å². The Kier molecular flexibility index (Phi) is 4.56. The average molecular weight is 325 g/mol. The van der Waals surface area contributed by atoms with E-state index in [0.717, 1.165) is 0 Å². The maximum atomic E-state index is 13.4. The van der Waals surface area contributed by atoms with Crippen LogP contribution in [-0.4, -0.2) is 5.11 Å². The summed E-state index contributed by atoms with van der Waals surface area (Å²) in [6.07, 6.45) is 0.00576. The smallest absolute Gasteiger partial charge is 0.141 e. The molecule has 0 saturated heterocycles. The summed E-state index contributed by atoms with van der Waals surface area (Å²) in [5.74, 6) is 0.557. The molecular weight excluding hydrogens is 311 g/mol. The molecule has 0 heterocycles. The predicted octanol–water partition coefficient (Wildman–Crippen LogP) is 4.82. The van der Waals surface area contributed by atoms with Crippen molar-refractivity contribution in [2.24, 2.45) is 0 Å². The number of ether oxygens (including phenoxy) is 1. The lowest BCUT2D eigenvalue weighted by atomic mass is 10.1. The van der Waals surface area contributed by atoms with Crippen molar-refractivity contribution in [3.8, 4) is 11.5 Å². The first-order valence-corrected chi connectivity index (χ1v) is 6.81. The summed E-state index contributed by atoms with van der Waals surface area (Å²) in [6, 6.07) is 11.8. The van der Waals surface area contributed by atoms with Crippen LogP contribution in [0.4, 0.5) is 4.39 Å². The Morgan fingerprint density at radius 2 is 2.00 bits per heavy atom. The van der Waals surface area contributed by atoms with Crippen LogP contribution >= 0.6 is 15.9 Å². The van der Waals surface area contributed by atoms with Gasteiger partial charge in [-0.25, -0.2) is 4.39 Å². The highest BCUT2D eigenvalue weighted by Crippen LogP contribution is 2.32. The maximum Gasteiger partial charge on any atom is 0.141 e. The molecule has 0 bridgehead atoms. The second-order valence-corrected chi connectivity index (χ2v) is 4.99. The van der Waals surface area contributed by atoms with Gasteiger partial charge in [-0.15, -0.1) is 0 Å². The first-order chi connectivity index (χ1) is 9.11. The number of para-hydroxylation sites is 1. The summed E-state index contributed by atoms with van der Waals surface area (Å²) in [4.78, 5) is 0. The zero-order valence-corrected chi connectivity index (χ0v) is 12.0. The van der Waals surface area contributed by atoms with E-state index in [9.17, 15) is 9.50 Å². The summed E-state index contributed by atoms with van der Waals surface area (Å²) < 4.78 is 19.5. The van der Waals surface area contributed by atoms with Gasteiger partial charge in [-0.3, -0.25) is 0 Å². The molecule has 0 aliphatic heterocycles. The largest absolute Gasteiger partial charge is 0.457 e. The zero-order chi connectivity index (χ0) is 13.8. The van der Waals surface area contributed by atoms with Crippen LogP contribution in [0.5, 0.6) is 11.5 Å². The number of rotatable bonds is 4. The number of halogens is 2. The van der Waals surface area contributed by atoms with E-state index in [0.29, 0.717) is 28.0 Å². The van der Waals surface area contributed by atoms with Crippen LogP contribution in [0.25, 0.3) is 0 Å². The lowest BCUT2D eigenvalue weighted by Crippen LogP contribution is -1.98. The lowest BCUT2D eigenvalue weighted by Gasteiger charge is -2.14. The van der Waals surface area contributed by atoms with Gasteiger partial charge in [0.25, 0.3) is 0 Å². The van der Waals surface area contributed by atoms with E-state index in [-0.39, 0.29) is 5.82 Å². The van der Waals surface area contributed by atoms with Crippen molar-refractivity contribution in [2.75, 3.05) is 0 Å². The lowest BCUT2D eigenvalue weighted by molar-refractivity contribution is 0.170. The number of aliphatic hydroxyl groups is 1. The Balaban J connectivity index is 2.30. The van der Waals surface area contributed by atoms with Crippen LogP contribution in [0.15, 0.2) is 46.9 Å². The molecule has 1 atom stereocenters. The van der Waals surface area contributed by atoms with E-state index in [4.69, 9.17) is 4.74 Å². The minimum Gasteiger partial charge on any atom is -0.457 e. The van der Waals surface area contributed by atoms with Crippen molar-refractivity contribution in [2.45, 2.75) is 19.4 Å². The Morgan fingerprint density at radius 1 is 1.26 bits per heavy atom. The third-order valence-electron chi connectivity index (χ3n) is 2.78. The van der Waals surface area contributed by atoms with Crippen molar-refractivity contribution in [1.29, 1.82) is 0 Å². The number of benzene rings is 2. The summed E-state index contributed by atoms with van der Waals surface area (Å²) >= 11 is 3.09. The quantitative estimate of drug-likeness (QED) is 0.873. The second kappa shape index (κ2) is 6.17. The molecule has 0 saturated carbocycles. The van der Waals surface area contributed by atoms with E-state index < -0.39 is 6.10 Å². The molecule has 1 N–H and O–H groups in total. The molecule has 0 spiro atoms. The number of hydrogen-bond donors (Lipinski definition) is 1. The van der Waals surface area contributed by atoms with Gasteiger partial charge in [-0.05, 0) is 40.5 Å². The number of hydrogen-bond acceptors (Lipinski definition) is 2. The Labute approximate surface area is 120 Å². The van der Waals surface area contributed by atoms with Crippen LogP contribution in [0.3, 0.4) is 0 Å².